The van der Waals surface area contributed by atoms with Gasteiger partial charge in [-0.15, -0.1) is 0 Å². The molecule has 0 fully saturated rings. The summed E-state index contributed by atoms with van der Waals surface area (Å²) in [5.74, 6) is 0.189. The monoisotopic (exact) mass is 442 g/mol. The van der Waals surface area contributed by atoms with Gasteiger partial charge in [0.25, 0.3) is 5.91 Å². The van der Waals surface area contributed by atoms with Gasteiger partial charge in [-0.1, -0.05) is 47.7 Å². The second-order valence-electron chi connectivity index (χ2n) is 7.37. The highest BCUT2D eigenvalue weighted by Crippen LogP contribution is 2.29. The summed E-state index contributed by atoms with van der Waals surface area (Å²) < 4.78 is 15.2. The van der Waals surface area contributed by atoms with Gasteiger partial charge in [0.05, 0.1) is 12.2 Å². The molecule has 0 aliphatic heterocycles. The Hall–Kier alpha value is -3.84. The Balaban J connectivity index is 1.52. The SMILES string of the molecule is Cc1c(C(=O)N(Cc2ccccc2)c2ccccn2)sc2nc(-c3ccc(F)cc3)cn12. The number of hydrogen-bond donors (Lipinski definition) is 0. The average Bonchev–Trinajstić information content (AvgIpc) is 3.38. The van der Waals surface area contributed by atoms with Crippen molar-refractivity contribution in [2.75, 3.05) is 4.90 Å². The Bertz CT molecular complexity index is 1380. The highest BCUT2D eigenvalue weighted by atomic mass is 32.1. The van der Waals surface area contributed by atoms with Crippen molar-refractivity contribution in [3.63, 3.8) is 0 Å². The van der Waals surface area contributed by atoms with Crippen molar-refractivity contribution in [3.8, 4) is 11.3 Å². The van der Waals surface area contributed by atoms with Crippen LogP contribution in [-0.2, 0) is 6.54 Å². The second-order valence-corrected chi connectivity index (χ2v) is 8.34. The topological polar surface area (TPSA) is 50.5 Å². The average molecular weight is 443 g/mol. The number of nitrogens with zero attached hydrogens (tertiary/aromatic N) is 4. The fourth-order valence-corrected chi connectivity index (χ4v) is 4.63. The molecule has 0 bridgehead atoms. The summed E-state index contributed by atoms with van der Waals surface area (Å²) in [6.07, 6.45) is 3.57. The zero-order chi connectivity index (χ0) is 22.1. The molecule has 0 atom stereocenters. The first-order valence-electron chi connectivity index (χ1n) is 10.1. The molecule has 0 spiro atoms. The zero-order valence-corrected chi connectivity index (χ0v) is 18.1. The summed E-state index contributed by atoms with van der Waals surface area (Å²) in [6.45, 7) is 2.32. The molecule has 0 aliphatic rings. The number of imidazole rings is 1. The van der Waals surface area contributed by atoms with E-state index in [-0.39, 0.29) is 11.7 Å². The number of carbonyl (C=O) groups is 1. The molecular weight excluding hydrogens is 423 g/mol. The Morgan fingerprint density at radius 3 is 2.47 bits per heavy atom. The molecule has 2 aromatic carbocycles. The number of fused-ring (bicyclic) bond motifs is 1. The predicted molar refractivity (Wildman–Crippen MR) is 124 cm³/mol. The van der Waals surface area contributed by atoms with E-state index < -0.39 is 0 Å². The fourth-order valence-electron chi connectivity index (χ4n) is 3.57. The second kappa shape index (κ2) is 8.36. The van der Waals surface area contributed by atoms with Crippen LogP contribution in [0.15, 0.2) is 85.2 Å². The largest absolute Gasteiger partial charge is 0.293 e. The molecule has 3 aromatic heterocycles. The van der Waals surface area contributed by atoms with Crippen molar-refractivity contribution in [2.24, 2.45) is 0 Å². The zero-order valence-electron chi connectivity index (χ0n) is 17.3. The lowest BCUT2D eigenvalue weighted by Crippen LogP contribution is -2.31. The molecule has 0 radical (unpaired) electrons. The molecule has 3 heterocycles. The molecule has 1 amide bonds. The minimum atomic E-state index is -0.285. The minimum Gasteiger partial charge on any atom is -0.293 e. The molecule has 0 saturated carbocycles. The van der Waals surface area contributed by atoms with Gasteiger partial charge in [0, 0.05) is 23.7 Å². The van der Waals surface area contributed by atoms with E-state index in [0.29, 0.717) is 22.2 Å². The maximum Gasteiger partial charge on any atom is 0.271 e. The van der Waals surface area contributed by atoms with Gasteiger partial charge in [0.15, 0.2) is 4.96 Å². The van der Waals surface area contributed by atoms with Gasteiger partial charge in [-0.2, -0.15) is 0 Å². The summed E-state index contributed by atoms with van der Waals surface area (Å²) in [7, 11) is 0. The lowest BCUT2D eigenvalue weighted by Gasteiger charge is -2.21. The molecule has 5 rings (SSSR count). The number of thiazole rings is 1. The summed E-state index contributed by atoms with van der Waals surface area (Å²) in [6, 6.07) is 21.6. The van der Waals surface area contributed by atoms with E-state index >= 15 is 0 Å². The number of pyridine rings is 1. The fraction of sp³-hybridized carbons (Fsp3) is 0.0800. The van der Waals surface area contributed by atoms with E-state index in [4.69, 9.17) is 0 Å². The van der Waals surface area contributed by atoms with Crippen LogP contribution in [0.1, 0.15) is 20.9 Å². The Labute approximate surface area is 188 Å². The molecule has 5 aromatic rings. The quantitative estimate of drug-likeness (QED) is 0.348. The van der Waals surface area contributed by atoms with Gasteiger partial charge in [-0.05, 0) is 48.9 Å². The first-order valence-corrected chi connectivity index (χ1v) is 10.9. The van der Waals surface area contributed by atoms with E-state index in [0.717, 1.165) is 22.5 Å². The predicted octanol–water partition coefficient (Wildman–Crippen LogP) is 5.75. The van der Waals surface area contributed by atoms with Crippen LogP contribution in [0.2, 0.25) is 0 Å². The van der Waals surface area contributed by atoms with Crippen LogP contribution in [0.3, 0.4) is 0 Å². The van der Waals surface area contributed by atoms with E-state index in [1.807, 2.05) is 66.1 Å². The van der Waals surface area contributed by atoms with Crippen LogP contribution in [0.25, 0.3) is 16.2 Å². The van der Waals surface area contributed by atoms with Crippen molar-refractivity contribution in [2.45, 2.75) is 13.5 Å². The third kappa shape index (κ3) is 3.78. The van der Waals surface area contributed by atoms with Crippen LogP contribution < -0.4 is 4.90 Å². The molecule has 0 saturated heterocycles. The normalized spacial score (nSPS) is 11.1. The molecular formula is C25H19FN4OS. The number of rotatable bonds is 5. The highest BCUT2D eigenvalue weighted by molar-refractivity contribution is 7.19. The van der Waals surface area contributed by atoms with Crippen molar-refractivity contribution in [1.82, 2.24) is 14.4 Å². The van der Waals surface area contributed by atoms with Gasteiger partial charge in [-0.25, -0.2) is 14.4 Å². The number of anilines is 1. The Morgan fingerprint density at radius 2 is 1.78 bits per heavy atom. The first kappa shape index (κ1) is 20.1. The van der Waals surface area contributed by atoms with Crippen LogP contribution >= 0.6 is 11.3 Å². The summed E-state index contributed by atoms with van der Waals surface area (Å²) in [4.78, 5) is 25.7. The molecule has 158 valence electrons. The standard InChI is InChI=1S/C25H19FN4OS/c1-17-23(32-25-28-21(16-29(17)25)19-10-12-20(26)13-11-19)24(31)30(22-9-5-6-14-27-22)15-18-7-3-2-4-8-18/h2-14,16H,15H2,1H3. The van der Waals surface area contributed by atoms with E-state index in [9.17, 15) is 9.18 Å². The van der Waals surface area contributed by atoms with Gasteiger partial charge in [0.2, 0.25) is 0 Å². The number of hydrogen-bond acceptors (Lipinski definition) is 4. The maximum atomic E-state index is 13.6. The van der Waals surface area contributed by atoms with Crippen LogP contribution in [0, 0.1) is 12.7 Å². The lowest BCUT2D eigenvalue weighted by molar-refractivity contribution is 0.0987. The molecule has 0 unspecified atom stereocenters. The van der Waals surface area contributed by atoms with Crippen LogP contribution in [0.4, 0.5) is 10.2 Å². The van der Waals surface area contributed by atoms with Gasteiger partial charge >= 0.3 is 0 Å². The van der Waals surface area contributed by atoms with Crippen molar-refractivity contribution < 1.29 is 9.18 Å². The van der Waals surface area contributed by atoms with Crippen LogP contribution in [-0.4, -0.2) is 20.3 Å². The lowest BCUT2D eigenvalue weighted by atomic mass is 10.2. The Morgan fingerprint density at radius 1 is 1.03 bits per heavy atom. The maximum absolute atomic E-state index is 13.6. The molecule has 5 nitrogen and oxygen atoms in total. The number of benzene rings is 2. The summed E-state index contributed by atoms with van der Waals surface area (Å²) in [5, 5.41) is 0. The van der Waals surface area contributed by atoms with Crippen molar-refractivity contribution in [1.29, 1.82) is 0 Å². The van der Waals surface area contributed by atoms with Gasteiger partial charge in [0.1, 0.15) is 16.5 Å². The number of halogens is 1. The molecule has 32 heavy (non-hydrogen) atoms. The first-order chi connectivity index (χ1) is 15.6. The van der Waals surface area contributed by atoms with E-state index in [2.05, 4.69) is 9.97 Å². The summed E-state index contributed by atoms with van der Waals surface area (Å²) in [5.41, 5.74) is 3.40. The third-order valence-electron chi connectivity index (χ3n) is 5.25. The van der Waals surface area contributed by atoms with Gasteiger partial charge in [-0.3, -0.25) is 14.1 Å². The highest BCUT2D eigenvalue weighted by Gasteiger charge is 2.25. The third-order valence-corrected chi connectivity index (χ3v) is 6.39. The smallest absolute Gasteiger partial charge is 0.271 e. The number of aromatic nitrogens is 3. The molecule has 0 aliphatic carbocycles. The van der Waals surface area contributed by atoms with Crippen molar-refractivity contribution in [3.05, 3.63) is 107 Å². The van der Waals surface area contributed by atoms with E-state index in [1.165, 1.54) is 23.5 Å². The molecule has 7 heteroatoms. The summed E-state index contributed by atoms with van der Waals surface area (Å²) >= 11 is 1.34. The van der Waals surface area contributed by atoms with Crippen LogP contribution in [0.5, 0.6) is 0 Å². The Kier molecular flexibility index (Phi) is 5.25. The number of carbonyl (C=O) groups excluding carboxylic acids is 1. The van der Waals surface area contributed by atoms with E-state index in [1.54, 1.807) is 23.2 Å². The molecule has 0 N–H and O–H groups in total. The van der Waals surface area contributed by atoms with Gasteiger partial charge < -0.3 is 0 Å². The number of aryl methyl sites for hydroxylation is 1. The number of amides is 1. The minimum absolute atomic E-state index is 0.121. The van der Waals surface area contributed by atoms with Crippen molar-refractivity contribution >= 4 is 28.0 Å².